The molecule has 2 aliphatic rings. The Kier molecular flexibility index (Phi) is 10.1. The molecule has 12 nitrogen and oxygen atoms in total. The SMILES string of the molecule is CC(C)NCC(O)COc1ccc(CC(N)=O)cc1.O=[N+]([O-])O[C@@H]1CO[C@H]2[C@@H]1OC[C@@H]2O. The third-order valence-electron chi connectivity index (χ3n) is 4.71. The lowest BCUT2D eigenvalue weighted by molar-refractivity contribution is -0.769. The molecule has 0 aromatic heterocycles. The van der Waals surface area contributed by atoms with Gasteiger partial charge >= 0.3 is 0 Å². The van der Waals surface area contributed by atoms with E-state index in [1.54, 1.807) is 24.3 Å². The fraction of sp³-hybridized carbons (Fsp3) is 0.650. The van der Waals surface area contributed by atoms with Crippen molar-refractivity contribution >= 4 is 5.91 Å². The lowest BCUT2D eigenvalue weighted by atomic mass is 10.1. The Hall–Kier alpha value is -2.51. The number of nitrogens with one attached hydrogen (secondary N) is 1. The average molecular weight is 457 g/mol. The number of carbonyl (C=O) groups is 1. The van der Waals surface area contributed by atoms with E-state index in [0.29, 0.717) is 18.3 Å². The summed E-state index contributed by atoms with van der Waals surface area (Å²) in [5.41, 5.74) is 5.96. The van der Waals surface area contributed by atoms with Crippen molar-refractivity contribution in [2.75, 3.05) is 26.4 Å². The lowest BCUT2D eigenvalue weighted by Crippen LogP contribution is -2.35. The van der Waals surface area contributed by atoms with E-state index in [4.69, 9.17) is 19.9 Å². The van der Waals surface area contributed by atoms with Crippen molar-refractivity contribution in [2.24, 2.45) is 5.73 Å². The van der Waals surface area contributed by atoms with Crippen molar-refractivity contribution in [3.8, 4) is 5.75 Å². The van der Waals surface area contributed by atoms with Gasteiger partial charge in [-0.3, -0.25) is 4.79 Å². The summed E-state index contributed by atoms with van der Waals surface area (Å²) in [6, 6.07) is 7.45. The Bertz CT molecular complexity index is 732. The normalized spacial score (nSPS) is 24.9. The van der Waals surface area contributed by atoms with Gasteiger partial charge in [0.25, 0.3) is 5.09 Å². The van der Waals surface area contributed by atoms with E-state index in [-0.39, 0.29) is 32.1 Å². The van der Waals surface area contributed by atoms with Crippen LogP contribution in [0.4, 0.5) is 0 Å². The Morgan fingerprint density at radius 1 is 1.28 bits per heavy atom. The molecule has 1 aromatic carbocycles. The number of aliphatic hydroxyl groups excluding tert-OH is 2. The molecule has 32 heavy (non-hydrogen) atoms. The van der Waals surface area contributed by atoms with E-state index in [2.05, 4.69) is 10.2 Å². The number of carbonyl (C=O) groups excluding carboxylic acids is 1. The molecule has 1 unspecified atom stereocenters. The van der Waals surface area contributed by atoms with Crippen LogP contribution in [0.1, 0.15) is 19.4 Å². The molecule has 180 valence electrons. The Morgan fingerprint density at radius 3 is 2.53 bits per heavy atom. The standard InChI is InChI=1S/C14H22N2O3.C6H9NO6/c1-10(2)16-8-12(17)9-19-13-5-3-11(4-6-13)7-14(15)18;8-3-1-11-6-4(13-7(9)10)2-12-5(3)6/h3-6,10,12,16-17H,7-9H2,1-2H3,(H2,15,18);3-6,8H,1-2H2/t;3-,4+,5+,6+/m.0/s1. The van der Waals surface area contributed by atoms with Crippen molar-refractivity contribution in [3.63, 3.8) is 0 Å². The van der Waals surface area contributed by atoms with E-state index < -0.39 is 35.6 Å². The number of hydrogen-bond donors (Lipinski definition) is 4. The third kappa shape index (κ3) is 8.55. The summed E-state index contributed by atoms with van der Waals surface area (Å²) in [5.74, 6) is 0.306. The molecule has 0 saturated carbocycles. The van der Waals surface area contributed by atoms with Gasteiger partial charge in [0.2, 0.25) is 5.91 Å². The highest BCUT2D eigenvalue weighted by atomic mass is 17.0. The first-order valence-electron chi connectivity index (χ1n) is 10.3. The Labute approximate surface area is 185 Å². The van der Waals surface area contributed by atoms with Gasteiger partial charge < -0.3 is 40.3 Å². The highest BCUT2D eigenvalue weighted by Gasteiger charge is 2.48. The first-order chi connectivity index (χ1) is 15.2. The van der Waals surface area contributed by atoms with Crippen molar-refractivity contribution in [1.29, 1.82) is 0 Å². The zero-order valence-corrected chi connectivity index (χ0v) is 18.1. The van der Waals surface area contributed by atoms with E-state index in [1.165, 1.54) is 0 Å². The van der Waals surface area contributed by atoms with E-state index in [9.17, 15) is 25.1 Å². The van der Waals surface area contributed by atoms with Crippen molar-refractivity contribution in [3.05, 3.63) is 39.9 Å². The predicted octanol–water partition coefficient (Wildman–Crippen LogP) is -0.826. The number of nitrogens with zero attached hydrogens (tertiary/aromatic N) is 1. The van der Waals surface area contributed by atoms with Gasteiger partial charge in [-0.05, 0) is 17.7 Å². The maximum atomic E-state index is 10.7. The second kappa shape index (κ2) is 12.5. The van der Waals surface area contributed by atoms with Crippen molar-refractivity contribution in [1.82, 2.24) is 5.32 Å². The molecule has 1 aromatic rings. The Morgan fingerprint density at radius 2 is 1.94 bits per heavy atom. The number of benzene rings is 1. The van der Waals surface area contributed by atoms with Crippen LogP contribution < -0.4 is 15.8 Å². The maximum Gasteiger partial charge on any atom is 0.294 e. The van der Waals surface area contributed by atoms with E-state index >= 15 is 0 Å². The van der Waals surface area contributed by atoms with Gasteiger partial charge in [0.15, 0.2) is 6.10 Å². The molecule has 5 atom stereocenters. The molecule has 0 spiro atoms. The third-order valence-corrected chi connectivity index (χ3v) is 4.71. The molecular formula is C20H31N3O9. The smallest absolute Gasteiger partial charge is 0.294 e. The zero-order chi connectivity index (χ0) is 23.7. The highest BCUT2D eigenvalue weighted by Crippen LogP contribution is 2.28. The van der Waals surface area contributed by atoms with Crippen LogP contribution in [-0.4, -0.2) is 84.1 Å². The maximum absolute atomic E-state index is 10.7. The molecule has 3 rings (SSSR count). The second-order valence-corrected chi connectivity index (χ2v) is 7.85. The van der Waals surface area contributed by atoms with Gasteiger partial charge in [-0.25, -0.2) is 0 Å². The summed E-state index contributed by atoms with van der Waals surface area (Å²) < 4.78 is 15.7. The van der Waals surface area contributed by atoms with Crippen LogP contribution in [0.3, 0.4) is 0 Å². The lowest BCUT2D eigenvalue weighted by Gasteiger charge is -2.15. The summed E-state index contributed by atoms with van der Waals surface area (Å²) >= 11 is 0. The number of hydrogen-bond acceptors (Lipinski definition) is 10. The highest BCUT2D eigenvalue weighted by molar-refractivity contribution is 5.76. The quantitative estimate of drug-likeness (QED) is 0.256. The summed E-state index contributed by atoms with van der Waals surface area (Å²) in [6.45, 7) is 5.00. The molecular weight excluding hydrogens is 426 g/mol. The number of fused-ring (bicyclic) bond motifs is 1. The summed E-state index contributed by atoms with van der Waals surface area (Å²) in [4.78, 5) is 25.1. The van der Waals surface area contributed by atoms with Gasteiger partial charge in [-0.1, -0.05) is 26.0 Å². The Balaban J connectivity index is 0.000000242. The molecule has 2 saturated heterocycles. The van der Waals surface area contributed by atoms with Crippen LogP contribution in [0.25, 0.3) is 0 Å². The van der Waals surface area contributed by atoms with Crippen LogP contribution in [0, 0.1) is 10.1 Å². The second-order valence-electron chi connectivity index (χ2n) is 7.85. The van der Waals surface area contributed by atoms with Crippen LogP contribution >= 0.6 is 0 Å². The number of amides is 1. The molecule has 2 fully saturated rings. The van der Waals surface area contributed by atoms with Gasteiger partial charge in [-0.2, -0.15) is 0 Å². The summed E-state index contributed by atoms with van der Waals surface area (Å²) in [5, 5.41) is 31.3. The molecule has 1 amide bonds. The van der Waals surface area contributed by atoms with Crippen molar-refractivity contribution < 1.29 is 39.1 Å². The van der Waals surface area contributed by atoms with E-state index in [1.807, 2.05) is 13.8 Å². The molecule has 0 bridgehead atoms. The number of rotatable bonds is 10. The van der Waals surface area contributed by atoms with Crippen LogP contribution in [0.2, 0.25) is 0 Å². The number of ether oxygens (including phenoxy) is 3. The minimum Gasteiger partial charge on any atom is -0.491 e. The molecule has 12 heteroatoms. The largest absolute Gasteiger partial charge is 0.491 e. The van der Waals surface area contributed by atoms with Gasteiger partial charge in [0, 0.05) is 12.6 Å². The van der Waals surface area contributed by atoms with Gasteiger partial charge in [0.1, 0.15) is 36.8 Å². The van der Waals surface area contributed by atoms with Crippen LogP contribution in [-0.2, 0) is 25.5 Å². The minimum absolute atomic E-state index is 0.0906. The van der Waals surface area contributed by atoms with E-state index in [0.717, 1.165) is 5.56 Å². The van der Waals surface area contributed by atoms with Crippen molar-refractivity contribution in [2.45, 2.75) is 56.8 Å². The molecule has 5 N–H and O–H groups in total. The molecule has 0 aliphatic carbocycles. The molecule has 2 heterocycles. The molecule has 2 aliphatic heterocycles. The monoisotopic (exact) mass is 457 g/mol. The number of aliphatic hydroxyl groups is 2. The van der Waals surface area contributed by atoms with Crippen LogP contribution in [0.15, 0.2) is 24.3 Å². The molecule has 0 radical (unpaired) electrons. The fourth-order valence-corrected chi connectivity index (χ4v) is 3.17. The number of primary amides is 1. The first-order valence-corrected chi connectivity index (χ1v) is 10.3. The summed E-state index contributed by atoms with van der Waals surface area (Å²) in [7, 11) is 0. The summed E-state index contributed by atoms with van der Waals surface area (Å²) in [6.07, 6.45) is -2.73. The fourth-order valence-electron chi connectivity index (χ4n) is 3.17. The average Bonchev–Trinajstić information content (AvgIpc) is 3.29. The zero-order valence-electron chi connectivity index (χ0n) is 18.1. The predicted molar refractivity (Wildman–Crippen MR) is 111 cm³/mol. The number of nitrogens with two attached hydrogens (primary N) is 1. The van der Waals surface area contributed by atoms with Gasteiger partial charge in [-0.15, -0.1) is 10.1 Å². The first kappa shape index (κ1) is 25.7. The van der Waals surface area contributed by atoms with Gasteiger partial charge in [0.05, 0.1) is 19.6 Å². The topological polar surface area (TPSA) is 176 Å². The minimum atomic E-state index is -0.871. The van der Waals surface area contributed by atoms with Crippen LogP contribution in [0.5, 0.6) is 5.75 Å².